The van der Waals surface area contributed by atoms with E-state index in [1.165, 1.54) is 103 Å². The molecule has 1 saturated carbocycles. The lowest BCUT2D eigenvalue weighted by atomic mass is 9.94. The molecule has 3 aromatic heterocycles. The number of aromatic nitrogens is 2. The molecule has 0 bridgehead atoms. The van der Waals surface area contributed by atoms with Crippen LogP contribution in [0, 0.1) is 26.7 Å². The quantitative estimate of drug-likeness (QED) is 0.153. The molecule has 0 N–H and O–H groups in total. The maximum Gasteiger partial charge on any atom is 0.224 e. The van der Waals surface area contributed by atoms with Gasteiger partial charge in [-0.15, -0.1) is 0 Å². The van der Waals surface area contributed by atoms with Crippen LogP contribution in [0.2, 0.25) is 0 Å². The monoisotopic (exact) mass is 431 g/mol. The number of nitrogens with zero attached hydrogens (tertiary/aromatic N) is 2. The second-order valence-electron chi connectivity index (χ2n) is 10.7. The van der Waals surface area contributed by atoms with Gasteiger partial charge in [-0.3, -0.25) is 0 Å². The molecular formula is C31H31N2+. The van der Waals surface area contributed by atoms with E-state index < -0.39 is 0 Å². The van der Waals surface area contributed by atoms with E-state index in [9.17, 15) is 0 Å². The SMILES string of the molecule is Cc1cc(C)c2c3ccc(C)c4c3n(c2c1)c1cc(CC2CCCC2)cc2cc[n+](C)c4c21. The zero-order valence-corrected chi connectivity index (χ0v) is 20.1. The zero-order chi connectivity index (χ0) is 22.4. The summed E-state index contributed by atoms with van der Waals surface area (Å²) in [5, 5.41) is 6.95. The summed E-state index contributed by atoms with van der Waals surface area (Å²) in [6, 6.07) is 16.7. The van der Waals surface area contributed by atoms with E-state index in [0.29, 0.717) is 0 Å². The Balaban J connectivity index is 1.75. The minimum absolute atomic E-state index is 0.845. The molecule has 0 atom stereocenters. The fraction of sp³-hybridized carbons (Fsp3) is 0.323. The first-order valence-electron chi connectivity index (χ1n) is 12.5. The van der Waals surface area contributed by atoms with Crippen molar-refractivity contribution in [2.45, 2.75) is 52.9 Å². The number of hydrogen-bond donors (Lipinski definition) is 0. The standard InChI is InChI=1S/C31H31N2/c1-18-13-20(3)27-24-10-9-19(2)28-30(24)33(25(27)14-18)26-17-22(15-21-7-5-6-8-21)16-23-11-12-32(4)31(28)29(23)26/h9-14,16-17,21H,5-8,15H2,1-4H3/q+1. The highest BCUT2D eigenvalue weighted by Crippen LogP contribution is 2.42. The van der Waals surface area contributed by atoms with Crippen molar-refractivity contribution in [1.29, 1.82) is 0 Å². The lowest BCUT2D eigenvalue weighted by Crippen LogP contribution is -2.29. The van der Waals surface area contributed by atoms with Gasteiger partial charge in [-0.2, -0.15) is 0 Å². The van der Waals surface area contributed by atoms with Crippen molar-refractivity contribution in [2.24, 2.45) is 13.0 Å². The van der Waals surface area contributed by atoms with Crippen molar-refractivity contribution in [3.05, 3.63) is 70.9 Å². The van der Waals surface area contributed by atoms with Crippen LogP contribution in [-0.2, 0) is 13.5 Å². The third kappa shape index (κ3) is 2.58. The predicted molar refractivity (Wildman–Crippen MR) is 140 cm³/mol. The van der Waals surface area contributed by atoms with Gasteiger partial charge in [0.05, 0.1) is 27.3 Å². The Morgan fingerprint density at radius 2 is 1.64 bits per heavy atom. The lowest BCUT2D eigenvalue weighted by molar-refractivity contribution is -0.643. The van der Waals surface area contributed by atoms with Crippen molar-refractivity contribution in [2.75, 3.05) is 0 Å². The van der Waals surface area contributed by atoms with E-state index >= 15 is 0 Å². The summed E-state index contributed by atoms with van der Waals surface area (Å²) in [4.78, 5) is 0. The normalized spacial score (nSPS) is 15.4. The lowest BCUT2D eigenvalue weighted by Gasteiger charge is -2.15. The number of pyridine rings is 2. The van der Waals surface area contributed by atoms with Crippen molar-refractivity contribution in [3.63, 3.8) is 0 Å². The van der Waals surface area contributed by atoms with Gasteiger partial charge in [-0.05, 0) is 72.9 Å². The molecule has 3 aromatic carbocycles. The summed E-state index contributed by atoms with van der Waals surface area (Å²) in [5.74, 6) is 0.845. The second kappa shape index (κ2) is 6.70. The summed E-state index contributed by atoms with van der Waals surface area (Å²) in [7, 11) is 2.21. The van der Waals surface area contributed by atoms with Crippen LogP contribution in [0.4, 0.5) is 0 Å². The van der Waals surface area contributed by atoms with Gasteiger partial charge < -0.3 is 4.40 Å². The van der Waals surface area contributed by atoms with Crippen molar-refractivity contribution >= 4 is 49.0 Å². The number of benzene rings is 3. The van der Waals surface area contributed by atoms with Gasteiger partial charge in [0.2, 0.25) is 5.52 Å². The van der Waals surface area contributed by atoms with E-state index in [1.807, 2.05) is 0 Å². The molecule has 0 aliphatic heterocycles. The Hall–Kier alpha value is -3.13. The Morgan fingerprint density at radius 1 is 0.848 bits per heavy atom. The summed E-state index contributed by atoms with van der Waals surface area (Å²) < 4.78 is 4.93. The van der Waals surface area contributed by atoms with Crippen LogP contribution in [-0.4, -0.2) is 4.40 Å². The van der Waals surface area contributed by atoms with Crippen LogP contribution in [0.5, 0.6) is 0 Å². The van der Waals surface area contributed by atoms with E-state index in [2.05, 4.69) is 85.4 Å². The van der Waals surface area contributed by atoms with Gasteiger partial charge in [-0.1, -0.05) is 49.9 Å². The van der Waals surface area contributed by atoms with E-state index in [1.54, 1.807) is 0 Å². The second-order valence-corrected chi connectivity index (χ2v) is 10.7. The molecule has 2 nitrogen and oxygen atoms in total. The number of fused-ring (bicyclic) bond motifs is 5. The Morgan fingerprint density at radius 3 is 2.45 bits per heavy atom. The van der Waals surface area contributed by atoms with Crippen molar-refractivity contribution < 1.29 is 4.57 Å². The molecule has 1 aliphatic carbocycles. The average molecular weight is 432 g/mol. The van der Waals surface area contributed by atoms with E-state index in [0.717, 1.165) is 5.92 Å². The number of aryl methyl sites for hydroxylation is 4. The van der Waals surface area contributed by atoms with Gasteiger partial charge in [0.1, 0.15) is 7.05 Å². The van der Waals surface area contributed by atoms with Gasteiger partial charge in [0, 0.05) is 16.8 Å². The minimum atomic E-state index is 0.845. The molecule has 0 unspecified atom stereocenters. The zero-order valence-electron chi connectivity index (χ0n) is 20.1. The molecule has 3 heterocycles. The smallest absolute Gasteiger partial charge is 0.224 e. The Kier molecular flexibility index (Phi) is 3.93. The average Bonchev–Trinajstić information content (AvgIpc) is 3.40. The molecule has 2 heteroatoms. The molecule has 0 amide bonds. The first kappa shape index (κ1) is 19.3. The van der Waals surface area contributed by atoms with Crippen LogP contribution in [0.15, 0.2) is 48.7 Å². The van der Waals surface area contributed by atoms with Crippen LogP contribution < -0.4 is 4.57 Å². The van der Waals surface area contributed by atoms with Crippen molar-refractivity contribution in [1.82, 2.24) is 4.40 Å². The molecule has 0 radical (unpaired) electrons. The fourth-order valence-corrected chi connectivity index (χ4v) is 6.95. The summed E-state index contributed by atoms with van der Waals surface area (Å²) in [6.07, 6.45) is 9.05. The molecular weight excluding hydrogens is 400 g/mol. The van der Waals surface area contributed by atoms with Crippen LogP contribution >= 0.6 is 0 Å². The fourth-order valence-electron chi connectivity index (χ4n) is 6.95. The minimum Gasteiger partial charge on any atom is -0.307 e. The van der Waals surface area contributed by atoms with E-state index in [4.69, 9.17) is 0 Å². The topological polar surface area (TPSA) is 8.29 Å². The number of hydrogen-bond acceptors (Lipinski definition) is 0. The molecule has 0 spiro atoms. The highest BCUT2D eigenvalue weighted by molar-refractivity contribution is 6.26. The summed E-state index contributed by atoms with van der Waals surface area (Å²) >= 11 is 0. The predicted octanol–water partition coefficient (Wildman–Crippen LogP) is 7.47. The van der Waals surface area contributed by atoms with E-state index in [-0.39, 0.29) is 0 Å². The van der Waals surface area contributed by atoms with Crippen LogP contribution in [0.25, 0.3) is 49.0 Å². The molecule has 1 fully saturated rings. The molecule has 6 aromatic rings. The highest BCUT2D eigenvalue weighted by Gasteiger charge is 2.25. The maximum absolute atomic E-state index is 2.60. The molecule has 0 saturated heterocycles. The third-order valence-electron chi connectivity index (χ3n) is 8.33. The van der Waals surface area contributed by atoms with Gasteiger partial charge in [0.15, 0.2) is 6.20 Å². The van der Waals surface area contributed by atoms with Gasteiger partial charge in [-0.25, -0.2) is 4.57 Å². The summed E-state index contributed by atoms with van der Waals surface area (Å²) in [5.41, 5.74) is 11.0. The van der Waals surface area contributed by atoms with Gasteiger partial charge in [0.25, 0.3) is 0 Å². The first-order valence-corrected chi connectivity index (χ1v) is 12.5. The molecule has 33 heavy (non-hydrogen) atoms. The molecule has 1 aliphatic rings. The largest absolute Gasteiger partial charge is 0.307 e. The van der Waals surface area contributed by atoms with Crippen LogP contribution in [0.3, 0.4) is 0 Å². The van der Waals surface area contributed by atoms with Crippen LogP contribution in [0.1, 0.15) is 47.9 Å². The first-order chi connectivity index (χ1) is 16.0. The Labute approximate surface area is 194 Å². The molecule has 164 valence electrons. The maximum atomic E-state index is 2.60. The number of rotatable bonds is 2. The van der Waals surface area contributed by atoms with Gasteiger partial charge >= 0.3 is 0 Å². The van der Waals surface area contributed by atoms with Crippen molar-refractivity contribution in [3.8, 4) is 0 Å². The Bertz CT molecular complexity index is 1730. The third-order valence-corrected chi connectivity index (χ3v) is 8.33. The highest BCUT2D eigenvalue weighted by atomic mass is 15.0. The summed E-state index contributed by atoms with van der Waals surface area (Å²) in [6.45, 7) is 6.77. The molecule has 7 rings (SSSR count).